The number of hydrogen-bond acceptors (Lipinski definition) is 5. The zero-order valence-electron chi connectivity index (χ0n) is 21.8. The summed E-state index contributed by atoms with van der Waals surface area (Å²) in [6.45, 7) is 9.84. The highest BCUT2D eigenvalue weighted by Gasteiger charge is 2.34. The number of carbonyl (C=O) groups excluding carboxylic acids is 1. The van der Waals surface area contributed by atoms with Crippen molar-refractivity contribution in [1.29, 1.82) is 0 Å². The van der Waals surface area contributed by atoms with Crippen molar-refractivity contribution < 1.29 is 13.2 Å². The molecule has 0 bridgehead atoms. The van der Waals surface area contributed by atoms with Crippen molar-refractivity contribution >= 4 is 27.3 Å². The largest absolute Gasteiger partial charge is 0.371 e. The number of rotatable bonds is 6. The van der Waals surface area contributed by atoms with E-state index in [2.05, 4.69) is 32.0 Å². The molecule has 2 N–H and O–H groups in total. The topological polar surface area (TPSA) is 81.7 Å². The minimum Gasteiger partial charge on any atom is -0.371 e. The van der Waals surface area contributed by atoms with E-state index in [4.69, 9.17) is 0 Å². The smallest absolute Gasteiger partial charge is 0.227 e. The standard InChI is InChI=1S/C27H44N4O3S/c1-27(2,3)35(33,34)29-23-9-7-21(8-10-23)26(32)28-22-11-13-24(14-12-22)31-19-15-25(16-20-31)30-17-5-4-6-18-30/h11-14,21,23,25,29H,4-10,15-20H2,1-3H3,(H,28,32). The van der Waals surface area contributed by atoms with Crippen molar-refractivity contribution in [3.63, 3.8) is 0 Å². The molecule has 8 heteroatoms. The van der Waals surface area contributed by atoms with Gasteiger partial charge in [-0.3, -0.25) is 4.79 Å². The lowest BCUT2D eigenvalue weighted by Crippen LogP contribution is -2.46. The summed E-state index contributed by atoms with van der Waals surface area (Å²) in [6, 6.07) is 8.91. The summed E-state index contributed by atoms with van der Waals surface area (Å²) in [5, 5.41) is 3.08. The summed E-state index contributed by atoms with van der Waals surface area (Å²) in [7, 11) is -3.36. The highest BCUT2D eigenvalue weighted by molar-refractivity contribution is 7.90. The van der Waals surface area contributed by atoms with Gasteiger partial charge in [0.15, 0.2) is 0 Å². The Kier molecular flexibility index (Phi) is 8.44. The van der Waals surface area contributed by atoms with Gasteiger partial charge in [-0.15, -0.1) is 0 Å². The average molecular weight is 505 g/mol. The molecule has 4 rings (SSSR count). The van der Waals surface area contributed by atoms with Gasteiger partial charge in [0, 0.05) is 42.5 Å². The Morgan fingerprint density at radius 2 is 1.46 bits per heavy atom. The Hall–Kier alpha value is -1.64. The maximum absolute atomic E-state index is 12.8. The number of likely N-dealkylation sites (tertiary alicyclic amines) is 1. The Morgan fingerprint density at radius 3 is 2.03 bits per heavy atom. The Morgan fingerprint density at radius 1 is 0.857 bits per heavy atom. The zero-order chi connectivity index (χ0) is 25.1. The molecular formula is C27H44N4O3S. The van der Waals surface area contributed by atoms with Crippen LogP contribution in [0.4, 0.5) is 11.4 Å². The van der Waals surface area contributed by atoms with E-state index in [9.17, 15) is 13.2 Å². The molecule has 0 radical (unpaired) electrons. The quantitative estimate of drug-likeness (QED) is 0.602. The Balaban J connectivity index is 1.22. The van der Waals surface area contributed by atoms with Gasteiger partial charge in [-0.05, 0) is 109 Å². The van der Waals surface area contributed by atoms with Crippen LogP contribution >= 0.6 is 0 Å². The molecule has 35 heavy (non-hydrogen) atoms. The number of piperidine rings is 2. The van der Waals surface area contributed by atoms with Crippen LogP contribution in [-0.4, -0.2) is 62.2 Å². The Bertz CT molecular complexity index is 936. The molecule has 7 nitrogen and oxygen atoms in total. The van der Waals surface area contributed by atoms with Crippen LogP contribution in [0.2, 0.25) is 0 Å². The molecule has 3 aliphatic rings. The van der Waals surface area contributed by atoms with E-state index in [0.29, 0.717) is 25.7 Å². The van der Waals surface area contributed by atoms with Crippen molar-refractivity contribution in [1.82, 2.24) is 9.62 Å². The monoisotopic (exact) mass is 504 g/mol. The number of hydrogen-bond donors (Lipinski definition) is 2. The van der Waals surface area contributed by atoms with Gasteiger partial charge in [-0.2, -0.15) is 0 Å². The average Bonchev–Trinajstić information content (AvgIpc) is 2.85. The summed E-state index contributed by atoms with van der Waals surface area (Å²) in [6.07, 6.45) is 9.34. The minimum absolute atomic E-state index is 0.0391. The Labute approximate surface area is 212 Å². The molecule has 2 heterocycles. The number of nitrogens with one attached hydrogen (secondary N) is 2. The third-order valence-corrected chi connectivity index (χ3v) is 10.4. The van der Waals surface area contributed by atoms with E-state index >= 15 is 0 Å². The van der Waals surface area contributed by atoms with E-state index in [-0.39, 0.29) is 17.9 Å². The summed E-state index contributed by atoms with van der Waals surface area (Å²) in [5.41, 5.74) is 2.06. The van der Waals surface area contributed by atoms with Crippen molar-refractivity contribution in [3.05, 3.63) is 24.3 Å². The minimum atomic E-state index is -3.36. The van der Waals surface area contributed by atoms with Crippen LogP contribution in [0.15, 0.2) is 24.3 Å². The van der Waals surface area contributed by atoms with Gasteiger partial charge in [-0.1, -0.05) is 6.42 Å². The number of benzene rings is 1. The third-order valence-electron chi connectivity index (χ3n) is 8.10. The molecule has 2 aliphatic heterocycles. The molecule has 0 spiro atoms. The maximum atomic E-state index is 12.8. The van der Waals surface area contributed by atoms with E-state index in [1.54, 1.807) is 20.8 Å². The summed E-state index contributed by atoms with van der Waals surface area (Å²) >= 11 is 0. The number of carbonyl (C=O) groups is 1. The van der Waals surface area contributed by atoms with Gasteiger partial charge in [0.05, 0.1) is 4.75 Å². The fourth-order valence-electron chi connectivity index (χ4n) is 5.64. The zero-order valence-corrected chi connectivity index (χ0v) is 22.6. The molecule has 1 aromatic carbocycles. The normalized spacial score (nSPS) is 25.4. The fraction of sp³-hybridized carbons (Fsp3) is 0.741. The van der Waals surface area contributed by atoms with E-state index < -0.39 is 14.8 Å². The number of anilines is 2. The third kappa shape index (κ3) is 6.77. The predicted octanol–water partition coefficient (Wildman–Crippen LogP) is 4.36. The molecule has 0 unspecified atom stereocenters. The first-order valence-electron chi connectivity index (χ1n) is 13.5. The molecule has 0 aromatic heterocycles. The van der Waals surface area contributed by atoms with Gasteiger partial charge in [0.2, 0.25) is 15.9 Å². The fourth-order valence-corrected chi connectivity index (χ4v) is 6.67. The molecule has 1 aromatic rings. The van der Waals surface area contributed by atoms with Crippen LogP contribution in [0.5, 0.6) is 0 Å². The van der Waals surface area contributed by atoms with Gasteiger partial charge in [0.25, 0.3) is 0 Å². The summed E-state index contributed by atoms with van der Waals surface area (Å²) in [4.78, 5) is 18.0. The highest BCUT2D eigenvalue weighted by Crippen LogP contribution is 2.29. The summed E-state index contributed by atoms with van der Waals surface area (Å²) < 4.78 is 26.8. The predicted molar refractivity (Wildman–Crippen MR) is 143 cm³/mol. The van der Waals surface area contributed by atoms with Crippen molar-refractivity contribution in [2.24, 2.45) is 5.92 Å². The molecule has 0 atom stereocenters. The van der Waals surface area contributed by atoms with Crippen LogP contribution < -0.4 is 14.9 Å². The highest BCUT2D eigenvalue weighted by atomic mass is 32.2. The second-order valence-corrected chi connectivity index (χ2v) is 14.1. The van der Waals surface area contributed by atoms with Crippen molar-refractivity contribution in [3.8, 4) is 0 Å². The molecule has 1 aliphatic carbocycles. The first kappa shape index (κ1) is 26.4. The molecule has 3 fully saturated rings. The van der Waals surface area contributed by atoms with Crippen LogP contribution in [0.1, 0.15) is 78.6 Å². The molecule has 1 amide bonds. The maximum Gasteiger partial charge on any atom is 0.227 e. The van der Waals surface area contributed by atoms with Gasteiger partial charge in [-0.25, -0.2) is 13.1 Å². The number of nitrogens with zero attached hydrogens (tertiary/aromatic N) is 2. The molecule has 196 valence electrons. The first-order chi connectivity index (χ1) is 16.6. The second-order valence-electron chi connectivity index (χ2n) is 11.6. The van der Waals surface area contributed by atoms with Crippen LogP contribution in [0.3, 0.4) is 0 Å². The van der Waals surface area contributed by atoms with Crippen molar-refractivity contribution in [2.75, 3.05) is 36.4 Å². The lowest BCUT2D eigenvalue weighted by molar-refractivity contribution is -0.120. The number of sulfonamides is 1. The molecule has 1 saturated carbocycles. The van der Waals surface area contributed by atoms with Gasteiger partial charge < -0.3 is 15.1 Å². The lowest BCUT2D eigenvalue weighted by atomic mass is 9.86. The van der Waals surface area contributed by atoms with E-state index in [0.717, 1.165) is 24.8 Å². The van der Waals surface area contributed by atoms with Crippen LogP contribution in [0, 0.1) is 5.92 Å². The first-order valence-corrected chi connectivity index (χ1v) is 15.0. The van der Waals surface area contributed by atoms with Crippen LogP contribution in [-0.2, 0) is 14.8 Å². The van der Waals surface area contributed by atoms with E-state index in [1.165, 1.54) is 50.9 Å². The van der Waals surface area contributed by atoms with Crippen molar-refractivity contribution in [2.45, 2.75) is 95.4 Å². The SMILES string of the molecule is CC(C)(C)S(=O)(=O)NC1CCC(C(=O)Nc2ccc(N3CCC(N4CCCCC4)CC3)cc2)CC1. The van der Waals surface area contributed by atoms with Gasteiger partial charge >= 0.3 is 0 Å². The van der Waals surface area contributed by atoms with Crippen LogP contribution in [0.25, 0.3) is 0 Å². The molecule has 2 saturated heterocycles. The lowest BCUT2D eigenvalue weighted by Gasteiger charge is -2.41. The van der Waals surface area contributed by atoms with Gasteiger partial charge in [0.1, 0.15) is 0 Å². The second kappa shape index (κ2) is 11.2. The molecular weight excluding hydrogens is 460 g/mol. The number of amides is 1. The van der Waals surface area contributed by atoms with E-state index in [1.807, 2.05) is 12.1 Å². The summed E-state index contributed by atoms with van der Waals surface area (Å²) in [5.74, 6) is -0.0314.